The van der Waals surface area contributed by atoms with Gasteiger partial charge in [0.15, 0.2) is 0 Å². The van der Waals surface area contributed by atoms with Crippen molar-refractivity contribution in [2.45, 2.75) is 39.8 Å². The highest BCUT2D eigenvalue weighted by atomic mass is 32.1. The van der Waals surface area contributed by atoms with E-state index in [2.05, 4.69) is 10.3 Å². The number of benzene rings is 1. The number of thiazole rings is 1. The van der Waals surface area contributed by atoms with Crippen molar-refractivity contribution in [2.75, 3.05) is 0 Å². The molecule has 0 bridgehead atoms. The number of carbonyl (C=O) groups excluding carboxylic acids is 1. The first kappa shape index (κ1) is 16.6. The van der Waals surface area contributed by atoms with Gasteiger partial charge in [-0.2, -0.15) is 0 Å². The molecule has 0 spiro atoms. The lowest BCUT2D eigenvalue weighted by Gasteiger charge is -2.13. The number of hydrogen-bond acceptors (Lipinski definition) is 4. The Labute approximate surface area is 135 Å². The van der Waals surface area contributed by atoms with Gasteiger partial charge in [-0.05, 0) is 12.8 Å². The lowest BCUT2D eigenvalue weighted by Crippen LogP contribution is -2.29. The van der Waals surface area contributed by atoms with Gasteiger partial charge in [-0.3, -0.25) is 4.79 Å². The average Bonchev–Trinajstić information content (AvgIpc) is 2.87. The summed E-state index contributed by atoms with van der Waals surface area (Å²) in [4.78, 5) is 17.4. The molecule has 2 rings (SSSR count). The van der Waals surface area contributed by atoms with E-state index in [1.54, 1.807) is 11.3 Å². The molecular weight excluding hydrogens is 296 g/mol. The second kappa shape index (κ2) is 7.51. The minimum absolute atomic E-state index is 0.0839. The molecule has 1 heterocycles. The fourth-order valence-corrected chi connectivity index (χ4v) is 2.98. The maximum atomic E-state index is 11.8. The summed E-state index contributed by atoms with van der Waals surface area (Å²) in [6.07, 6.45) is -0.455. The van der Waals surface area contributed by atoms with Crippen LogP contribution in [0, 0.1) is 12.8 Å². The molecular formula is C17H22N2O2S. The van der Waals surface area contributed by atoms with Crippen molar-refractivity contribution in [3.05, 3.63) is 40.9 Å². The molecule has 2 N–H and O–H groups in total. The number of aliphatic hydroxyl groups is 1. The van der Waals surface area contributed by atoms with Crippen LogP contribution in [-0.4, -0.2) is 22.1 Å². The topological polar surface area (TPSA) is 62.2 Å². The number of amides is 1. The normalized spacial score (nSPS) is 12.4. The number of nitrogens with zero attached hydrogens (tertiary/aromatic N) is 1. The smallest absolute Gasteiger partial charge is 0.222 e. The summed E-state index contributed by atoms with van der Waals surface area (Å²) in [5.41, 5.74) is 2.02. The fourth-order valence-electron chi connectivity index (χ4n) is 1.97. The van der Waals surface area contributed by atoms with Gasteiger partial charge in [0.05, 0.1) is 24.8 Å². The largest absolute Gasteiger partial charge is 0.392 e. The van der Waals surface area contributed by atoms with Crippen molar-refractivity contribution in [2.24, 2.45) is 5.92 Å². The third-order valence-electron chi connectivity index (χ3n) is 3.52. The van der Waals surface area contributed by atoms with Gasteiger partial charge >= 0.3 is 0 Å². The molecule has 5 heteroatoms. The highest BCUT2D eigenvalue weighted by Gasteiger charge is 2.15. The number of carbonyl (C=O) groups is 1. The van der Waals surface area contributed by atoms with Gasteiger partial charge < -0.3 is 10.4 Å². The van der Waals surface area contributed by atoms with E-state index in [1.165, 1.54) is 0 Å². The van der Waals surface area contributed by atoms with Gasteiger partial charge in [0.25, 0.3) is 0 Å². The zero-order valence-electron chi connectivity index (χ0n) is 13.2. The number of nitrogens with one attached hydrogen (secondary N) is 1. The van der Waals surface area contributed by atoms with E-state index in [9.17, 15) is 9.90 Å². The second-order valence-corrected chi connectivity index (χ2v) is 6.77. The number of hydrogen-bond donors (Lipinski definition) is 2. The van der Waals surface area contributed by atoms with Gasteiger partial charge in [0, 0.05) is 10.4 Å². The maximum absolute atomic E-state index is 11.8. The van der Waals surface area contributed by atoms with Gasteiger partial charge in [-0.25, -0.2) is 4.98 Å². The van der Waals surface area contributed by atoms with E-state index >= 15 is 0 Å². The molecule has 118 valence electrons. The molecule has 1 aromatic carbocycles. The van der Waals surface area contributed by atoms with Crippen LogP contribution in [0.1, 0.15) is 30.8 Å². The molecule has 1 aromatic heterocycles. The number of aliphatic hydroxyl groups excluding tert-OH is 1. The Morgan fingerprint density at radius 3 is 2.64 bits per heavy atom. The molecule has 0 aliphatic heterocycles. The van der Waals surface area contributed by atoms with Crippen LogP contribution in [0.5, 0.6) is 0 Å². The lowest BCUT2D eigenvalue weighted by molar-refractivity contribution is -0.123. The second-order valence-electron chi connectivity index (χ2n) is 5.69. The minimum Gasteiger partial charge on any atom is -0.392 e. The molecule has 0 saturated heterocycles. The van der Waals surface area contributed by atoms with Crippen molar-refractivity contribution in [1.82, 2.24) is 10.3 Å². The van der Waals surface area contributed by atoms with Crippen LogP contribution in [0.4, 0.5) is 0 Å². The van der Waals surface area contributed by atoms with E-state index < -0.39 is 6.10 Å². The SMILES string of the molecule is Cc1nc(-c2ccccc2)sc1CNC(=O)CC(O)C(C)C. The van der Waals surface area contributed by atoms with E-state index in [0.29, 0.717) is 6.54 Å². The Morgan fingerprint density at radius 1 is 1.32 bits per heavy atom. The van der Waals surface area contributed by atoms with Gasteiger partial charge in [-0.1, -0.05) is 44.2 Å². The molecule has 0 saturated carbocycles. The monoisotopic (exact) mass is 318 g/mol. The summed E-state index contributed by atoms with van der Waals surface area (Å²) in [6.45, 7) is 6.21. The Balaban J connectivity index is 1.97. The van der Waals surface area contributed by atoms with Crippen molar-refractivity contribution >= 4 is 17.2 Å². The first-order chi connectivity index (χ1) is 10.5. The van der Waals surface area contributed by atoms with Crippen LogP contribution in [-0.2, 0) is 11.3 Å². The average molecular weight is 318 g/mol. The van der Waals surface area contributed by atoms with E-state index in [1.807, 2.05) is 51.1 Å². The van der Waals surface area contributed by atoms with E-state index in [0.717, 1.165) is 21.1 Å². The molecule has 1 atom stereocenters. The first-order valence-electron chi connectivity index (χ1n) is 7.44. The Morgan fingerprint density at radius 2 is 2.00 bits per heavy atom. The number of aryl methyl sites for hydroxylation is 1. The standard InChI is InChI=1S/C17H22N2O2S/c1-11(2)14(20)9-16(21)18-10-15-12(3)19-17(22-15)13-7-5-4-6-8-13/h4-8,11,14,20H,9-10H2,1-3H3,(H,18,21). The van der Waals surface area contributed by atoms with E-state index in [4.69, 9.17) is 0 Å². The number of aromatic nitrogens is 1. The quantitative estimate of drug-likeness (QED) is 0.860. The van der Waals surface area contributed by atoms with Gasteiger partial charge in [0.2, 0.25) is 5.91 Å². The van der Waals surface area contributed by atoms with Gasteiger partial charge in [0.1, 0.15) is 5.01 Å². The molecule has 0 radical (unpaired) electrons. The molecule has 22 heavy (non-hydrogen) atoms. The Bertz CT molecular complexity index is 623. The molecule has 4 nitrogen and oxygen atoms in total. The summed E-state index contributed by atoms with van der Waals surface area (Å²) >= 11 is 1.59. The Hall–Kier alpha value is -1.72. The van der Waals surface area contributed by atoms with Crippen LogP contribution >= 0.6 is 11.3 Å². The minimum atomic E-state index is -0.595. The predicted octanol–water partition coefficient (Wildman–Crippen LogP) is 3.14. The van der Waals surface area contributed by atoms with Crippen LogP contribution in [0.25, 0.3) is 10.6 Å². The molecule has 0 aliphatic carbocycles. The van der Waals surface area contributed by atoms with Crippen molar-refractivity contribution in [1.29, 1.82) is 0 Å². The van der Waals surface area contributed by atoms with Crippen molar-refractivity contribution < 1.29 is 9.90 Å². The summed E-state index contributed by atoms with van der Waals surface area (Å²) in [5.74, 6) is -0.0455. The first-order valence-corrected chi connectivity index (χ1v) is 8.25. The third kappa shape index (κ3) is 4.39. The highest BCUT2D eigenvalue weighted by Crippen LogP contribution is 2.27. The zero-order valence-corrected chi connectivity index (χ0v) is 14.0. The van der Waals surface area contributed by atoms with Gasteiger partial charge in [-0.15, -0.1) is 11.3 Å². The lowest BCUT2D eigenvalue weighted by atomic mass is 10.0. The summed E-state index contributed by atoms with van der Waals surface area (Å²) in [6, 6.07) is 10.0. The van der Waals surface area contributed by atoms with Crippen molar-refractivity contribution in [3.8, 4) is 10.6 Å². The summed E-state index contributed by atoms with van der Waals surface area (Å²) in [7, 11) is 0. The predicted molar refractivity (Wildman–Crippen MR) is 89.6 cm³/mol. The van der Waals surface area contributed by atoms with Crippen LogP contribution < -0.4 is 5.32 Å². The molecule has 1 unspecified atom stereocenters. The van der Waals surface area contributed by atoms with Crippen LogP contribution in [0.2, 0.25) is 0 Å². The fraction of sp³-hybridized carbons (Fsp3) is 0.412. The maximum Gasteiger partial charge on any atom is 0.222 e. The highest BCUT2D eigenvalue weighted by molar-refractivity contribution is 7.15. The summed E-state index contributed by atoms with van der Waals surface area (Å²) < 4.78 is 0. The van der Waals surface area contributed by atoms with Crippen LogP contribution in [0.15, 0.2) is 30.3 Å². The molecule has 2 aromatic rings. The van der Waals surface area contributed by atoms with E-state index in [-0.39, 0.29) is 18.2 Å². The number of rotatable bonds is 6. The molecule has 0 fully saturated rings. The summed E-state index contributed by atoms with van der Waals surface area (Å²) in [5, 5.41) is 13.6. The third-order valence-corrected chi connectivity index (χ3v) is 4.73. The van der Waals surface area contributed by atoms with Crippen molar-refractivity contribution in [3.63, 3.8) is 0 Å². The molecule has 0 aliphatic rings. The Kier molecular flexibility index (Phi) is 5.69. The zero-order chi connectivity index (χ0) is 16.1. The molecule has 1 amide bonds. The van der Waals surface area contributed by atoms with Crippen LogP contribution in [0.3, 0.4) is 0 Å².